The molecule has 3 aliphatic carbocycles. The van der Waals surface area contributed by atoms with Crippen LogP contribution in [0.15, 0.2) is 16.7 Å². The second-order valence-corrected chi connectivity index (χ2v) is 6.93. The van der Waals surface area contributed by atoms with E-state index in [1.54, 1.807) is 6.07 Å². The van der Waals surface area contributed by atoms with Gasteiger partial charge in [0.05, 0.1) is 19.2 Å². The first-order chi connectivity index (χ1) is 10.3. The summed E-state index contributed by atoms with van der Waals surface area (Å²) in [5, 5.41) is 3.67. The largest absolute Gasteiger partial charge is 0.467 e. The maximum Gasteiger partial charge on any atom is 0.341 e. The average Bonchev–Trinajstić information content (AvgIpc) is 3.23. The van der Waals surface area contributed by atoms with Gasteiger partial charge in [-0.1, -0.05) is 6.42 Å². The normalized spacial score (nSPS) is 36.9. The Morgan fingerprint density at radius 3 is 3.05 bits per heavy atom. The lowest BCUT2D eigenvalue weighted by Crippen LogP contribution is -2.38. The second-order valence-electron chi connectivity index (χ2n) is 6.93. The Morgan fingerprint density at radius 2 is 2.19 bits per heavy atom. The van der Waals surface area contributed by atoms with Gasteiger partial charge >= 0.3 is 5.97 Å². The fourth-order valence-corrected chi connectivity index (χ4v) is 5.23. The van der Waals surface area contributed by atoms with Gasteiger partial charge in [-0.3, -0.25) is 0 Å². The monoisotopic (exact) mass is 289 g/mol. The Labute approximate surface area is 125 Å². The predicted octanol–water partition coefficient (Wildman–Crippen LogP) is 2.98. The molecule has 3 saturated carbocycles. The van der Waals surface area contributed by atoms with Crippen LogP contribution in [0.2, 0.25) is 0 Å². The number of carbonyl (C=O) groups excluding carboxylic acids is 1. The Balaban J connectivity index is 1.36. The molecule has 0 aromatic carbocycles. The van der Waals surface area contributed by atoms with Gasteiger partial charge in [0.25, 0.3) is 0 Å². The number of hydrogen-bond donors (Lipinski definition) is 1. The van der Waals surface area contributed by atoms with Crippen LogP contribution < -0.4 is 5.32 Å². The minimum Gasteiger partial charge on any atom is -0.467 e. The zero-order valence-corrected chi connectivity index (χ0v) is 12.5. The van der Waals surface area contributed by atoms with Gasteiger partial charge in [0.1, 0.15) is 12.0 Å². The third kappa shape index (κ3) is 2.20. The summed E-state index contributed by atoms with van der Waals surface area (Å²) >= 11 is 0. The fourth-order valence-electron chi connectivity index (χ4n) is 5.23. The van der Waals surface area contributed by atoms with Crippen LogP contribution in [0.25, 0.3) is 0 Å². The van der Waals surface area contributed by atoms with Crippen molar-refractivity contribution >= 4 is 5.97 Å². The van der Waals surface area contributed by atoms with Crippen LogP contribution in [-0.2, 0) is 11.3 Å². The molecule has 5 atom stereocenters. The van der Waals surface area contributed by atoms with Gasteiger partial charge in [-0.2, -0.15) is 0 Å². The first-order valence-corrected chi connectivity index (χ1v) is 8.15. The molecule has 3 aliphatic rings. The van der Waals surface area contributed by atoms with Crippen molar-refractivity contribution < 1.29 is 13.9 Å². The summed E-state index contributed by atoms with van der Waals surface area (Å²) in [6.45, 7) is 0.711. The number of hydrogen-bond acceptors (Lipinski definition) is 4. The van der Waals surface area contributed by atoms with Crippen LogP contribution in [0.1, 0.15) is 48.2 Å². The molecule has 0 radical (unpaired) electrons. The Hall–Kier alpha value is -1.29. The first kappa shape index (κ1) is 13.4. The molecule has 0 spiro atoms. The highest BCUT2D eigenvalue weighted by molar-refractivity contribution is 5.88. The molecule has 1 aromatic rings. The SMILES string of the molecule is COC(=O)c1coc(CNC2CC3CC2C2CCCC32)c1. The van der Waals surface area contributed by atoms with Crippen LogP contribution in [-0.4, -0.2) is 19.1 Å². The molecule has 0 aliphatic heterocycles. The van der Waals surface area contributed by atoms with Gasteiger partial charge in [-0.15, -0.1) is 0 Å². The van der Waals surface area contributed by atoms with E-state index in [-0.39, 0.29) is 5.97 Å². The van der Waals surface area contributed by atoms with E-state index < -0.39 is 0 Å². The minimum atomic E-state index is -0.335. The number of furan rings is 1. The molecule has 5 unspecified atom stereocenters. The van der Waals surface area contributed by atoms with E-state index in [0.717, 1.165) is 29.4 Å². The third-order valence-corrected chi connectivity index (χ3v) is 6.04. The Kier molecular flexibility index (Phi) is 3.29. The van der Waals surface area contributed by atoms with Gasteiger partial charge in [0, 0.05) is 6.04 Å². The quantitative estimate of drug-likeness (QED) is 0.866. The molecule has 1 N–H and O–H groups in total. The van der Waals surface area contributed by atoms with Crippen LogP contribution in [0.4, 0.5) is 0 Å². The number of esters is 1. The standard InChI is InChI=1S/C17H23NO3/c1-20-17(19)11-5-12(21-9-11)8-18-16-7-10-6-15(16)14-4-2-3-13(10)14/h5,9-10,13-16,18H,2-4,6-8H2,1H3. The molecule has 1 heterocycles. The van der Waals surface area contributed by atoms with Crippen molar-refractivity contribution in [2.75, 3.05) is 7.11 Å². The van der Waals surface area contributed by atoms with E-state index in [1.807, 2.05) is 0 Å². The van der Waals surface area contributed by atoms with Gasteiger partial charge < -0.3 is 14.5 Å². The van der Waals surface area contributed by atoms with Gasteiger partial charge in [-0.25, -0.2) is 4.79 Å². The van der Waals surface area contributed by atoms with Crippen molar-refractivity contribution in [2.45, 2.75) is 44.7 Å². The molecule has 114 valence electrons. The van der Waals surface area contributed by atoms with Crippen molar-refractivity contribution in [3.05, 3.63) is 23.7 Å². The zero-order valence-electron chi connectivity index (χ0n) is 12.5. The summed E-state index contributed by atoms with van der Waals surface area (Å²) in [4.78, 5) is 11.4. The highest BCUT2D eigenvalue weighted by Gasteiger charge is 2.53. The summed E-state index contributed by atoms with van der Waals surface area (Å²) in [5.74, 6) is 4.32. The topological polar surface area (TPSA) is 51.5 Å². The molecular weight excluding hydrogens is 266 g/mol. The fraction of sp³-hybridized carbons (Fsp3) is 0.706. The second kappa shape index (κ2) is 5.16. The van der Waals surface area contributed by atoms with E-state index in [4.69, 9.17) is 9.15 Å². The molecular formula is C17H23NO3. The molecule has 21 heavy (non-hydrogen) atoms. The van der Waals surface area contributed by atoms with Gasteiger partial charge in [0.15, 0.2) is 0 Å². The Bertz CT molecular complexity index is 538. The average molecular weight is 289 g/mol. The van der Waals surface area contributed by atoms with E-state index in [0.29, 0.717) is 18.2 Å². The third-order valence-electron chi connectivity index (χ3n) is 6.04. The van der Waals surface area contributed by atoms with Gasteiger partial charge in [-0.05, 0) is 55.4 Å². The first-order valence-electron chi connectivity index (χ1n) is 8.15. The molecule has 0 saturated heterocycles. The zero-order chi connectivity index (χ0) is 14.4. The number of fused-ring (bicyclic) bond motifs is 5. The maximum absolute atomic E-state index is 11.4. The van der Waals surface area contributed by atoms with Crippen LogP contribution >= 0.6 is 0 Å². The molecule has 4 nitrogen and oxygen atoms in total. The summed E-state index contributed by atoms with van der Waals surface area (Å²) in [6.07, 6.45) is 8.60. The highest BCUT2D eigenvalue weighted by Crippen LogP contribution is 2.58. The van der Waals surface area contributed by atoms with Crippen LogP contribution in [0.5, 0.6) is 0 Å². The molecule has 4 rings (SSSR count). The number of rotatable bonds is 4. The number of carbonyl (C=O) groups is 1. The molecule has 2 bridgehead atoms. The van der Waals surface area contributed by atoms with Crippen molar-refractivity contribution in [3.8, 4) is 0 Å². The summed E-state index contributed by atoms with van der Waals surface area (Å²) in [6, 6.07) is 2.42. The molecule has 3 fully saturated rings. The molecule has 0 amide bonds. The highest BCUT2D eigenvalue weighted by atomic mass is 16.5. The lowest BCUT2D eigenvalue weighted by molar-refractivity contribution is 0.0600. The summed E-state index contributed by atoms with van der Waals surface area (Å²) in [7, 11) is 1.39. The number of ether oxygens (including phenoxy) is 1. The molecule has 1 aromatic heterocycles. The van der Waals surface area contributed by atoms with Gasteiger partial charge in [0.2, 0.25) is 0 Å². The summed E-state index contributed by atoms with van der Waals surface area (Å²) in [5.41, 5.74) is 0.498. The van der Waals surface area contributed by atoms with Crippen molar-refractivity contribution in [1.29, 1.82) is 0 Å². The summed E-state index contributed by atoms with van der Waals surface area (Å²) < 4.78 is 10.1. The van der Waals surface area contributed by atoms with Crippen molar-refractivity contribution in [3.63, 3.8) is 0 Å². The smallest absolute Gasteiger partial charge is 0.341 e. The van der Waals surface area contributed by atoms with Crippen molar-refractivity contribution in [1.82, 2.24) is 5.32 Å². The molecule has 4 heteroatoms. The lowest BCUT2D eigenvalue weighted by Gasteiger charge is -2.32. The number of methoxy groups -OCH3 is 1. The maximum atomic E-state index is 11.4. The predicted molar refractivity (Wildman–Crippen MR) is 77.7 cm³/mol. The van der Waals surface area contributed by atoms with Crippen molar-refractivity contribution in [2.24, 2.45) is 23.7 Å². The van der Waals surface area contributed by atoms with E-state index >= 15 is 0 Å². The lowest BCUT2D eigenvalue weighted by atomic mass is 9.79. The van der Waals surface area contributed by atoms with Crippen LogP contribution in [0, 0.1) is 23.7 Å². The van der Waals surface area contributed by atoms with Crippen LogP contribution in [0.3, 0.4) is 0 Å². The van der Waals surface area contributed by atoms with E-state index in [2.05, 4.69) is 5.32 Å². The number of nitrogens with one attached hydrogen (secondary N) is 1. The van der Waals surface area contributed by atoms with E-state index in [1.165, 1.54) is 45.5 Å². The minimum absolute atomic E-state index is 0.335. The Morgan fingerprint density at radius 1 is 1.33 bits per heavy atom. The van der Waals surface area contributed by atoms with E-state index in [9.17, 15) is 4.79 Å².